The largest absolute Gasteiger partial charge is 0.507 e. The second kappa shape index (κ2) is 5.80. The van der Waals surface area contributed by atoms with E-state index in [4.69, 9.17) is 5.73 Å². The Balaban J connectivity index is 2.37. The van der Waals surface area contributed by atoms with Crippen LogP contribution in [0.3, 0.4) is 0 Å². The van der Waals surface area contributed by atoms with Gasteiger partial charge in [0.15, 0.2) is 0 Å². The van der Waals surface area contributed by atoms with Gasteiger partial charge in [0, 0.05) is 18.0 Å². The van der Waals surface area contributed by atoms with Crippen molar-refractivity contribution in [2.45, 2.75) is 6.18 Å². The topological polar surface area (TPSA) is 106 Å². The van der Waals surface area contributed by atoms with E-state index in [0.717, 1.165) is 18.3 Å². The monoisotopic (exact) mass is 364 g/mol. The van der Waals surface area contributed by atoms with Gasteiger partial charge >= 0.3 is 6.18 Å². The molecule has 0 unspecified atom stereocenters. The molecule has 0 aliphatic heterocycles. The van der Waals surface area contributed by atoms with Crippen LogP contribution in [0.15, 0.2) is 47.4 Å². The number of rotatable bonds is 2. The number of halogens is 3. The highest BCUT2D eigenvalue weighted by Gasteiger charge is 2.33. The number of amides is 1. The molecule has 26 heavy (non-hydrogen) atoms. The van der Waals surface area contributed by atoms with Crippen LogP contribution in [0.1, 0.15) is 15.9 Å². The fourth-order valence-corrected chi connectivity index (χ4v) is 2.65. The highest BCUT2D eigenvalue weighted by atomic mass is 19.4. The number of hydrogen-bond acceptors (Lipinski definition) is 4. The van der Waals surface area contributed by atoms with Crippen molar-refractivity contribution < 1.29 is 28.2 Å². The smallest absolute Gasteiger partial charge is 0.419 e. The van der Waals surface area contributed by atoms with Crippen molar-refractivity contribution in [3.63, 3.8) is 0 Å². The second-order valence-corrected chi connectivity index (χ2v) is 5.48. The molecular weight excluding hydrogens is 353 g/mol. The van der Waals surface area contributed by atoms with E-state index in [0.29, 0.717) is 6.07 Å². The molecule has 1 amide bonds. The van der Waals surface area contributed by atoms with E-state index in [1.54, 1.807) is 0 Å². The van der Waals surface area contributed by atoms with Gasteiger partial charge in [0.05, 0.1) is 16.5 Å². The summed E-state index contributed by atoms with van der Waals surface area (Å²) in [5.41, 5.74) is 2.84. The van der Waals surface area contributed by atoms with Crippen LogP contribution in [-0.4, -0.2) is 20.7 Å². The summed E-state index contributed by atoms with van der Waals surface area (Å²) >= 11 is 0. The van der Waals surface area contributed by atoms with Crippen LogP contribution < -0.4 is 11.2 Å². The number of aromatic hydroxyl groups is 2. The lowest BCUT2D eigenvalue weighted by Crippen LogP contribution is -2.24. The van der Waals surface area contributed by atoms with Crippen molar-refractivity contribution >= 4 is 16.8 Å². The van der Waals surface area contributed by atoms with Crippen LogP contribution >= 0.6 is 0 Å². The molecule has 0 saturated carbocycles. The molecule has 9 heteroatoms. The zero-order valence-electron chi connectivity index (χ0n) is 12.9. The number of alkyl halides is 3. The van der Waals surface area contributed by atoms with Gasteiger partial charge in [-0.2, -0.15) is 13.2 Å². The van der Waals surface area contributed by atoms with E-state index in [1.165, 1.54) is 22.8 Å². The van der Waals surface area contributed by atoms with E-state index in [1.807, 2.05) is 0 Å². The Morgan fingerprint density at radius 3 is 2.35 bits per heavy atom. The van der Waals surface area contributed by atoms with Gasteiger partial charge in [0.2, 0.25) is 5.43 Å². The van der Waals surface area contributed by atoms with Crippen LogP contribution in [-0.2, 0) is 6.18 Å². The van der Waals surface area contributed by atoms with Crippen LogP contribution in [0, 0.1) is 0 Å². The third-order valence-electron chi connectivity index (χ3n) is 3.84. The zero-order valence-corrected chi connectivity index (χ0v) is 12.9. The van der Waals surface area contributed by atoms with E-state index < -0.39 is 40.1 Å². The first kappa shape index (κ1) is 17.3. The number of carbonyl (C=O) groups is 1. The number of fused-ring (bicyclic) bond motifs is 1. The molecule has 1 heterocycles. The van der Waals surface area contributed by atoms with Crippen LogP contribution in [0.5, 0.6) is 11.5 Å². The molecule has 0 saturated heterocycles. The SMILES string of the molecule is NC(=O)c1cn(-c2ccc(C(F)(F)F)c(O)c2)c2cccc(O)c2c1=O. The molecule has 0 bridgehead atoms. The summed E-state index contributed by atoms with van der Waals surface area (Å²) in [5, 5.41) is 19.5. The predicted octanol–water partition coefficient (Wildman–Crippen LogP) is 2.52. The maximum atomic E-state index is 12.8. The number of nitrogens with two attached hydrogens (primary N) is 1. The summed E-state index contributed by atoms with van der Waals surface area (Å²) in [4.78, 5) is 23.9. The van der Waals surface area contributed by atoms with Gasteiger partial charge in [-0.05, 0) is 24.3 Å². The minimum Gasteiger partial charge on any atom is -0.507 e. The Morgan fingerprint density at radius 2 is 1.77 bits per heavy atom. The molecule has 4 N–H and O–H groups in total. The lowest BCUT2D eigenvalue weighted by molar-refractivity contribution is -0.138. The molecular formula is C17H11F3N2O4. The fourth-order valence-electron chi connectivity index (χ4n) is 2.65. The van der Waals surface area contributed by atoms with Crippen molar-refractivity contribution in [1.82, 2.24) is 4.57 Å². The normalized spacial score (nSPS) is 11.7. The fraction of sp³-hybridized carbons (Fsp3) is 0.0588. The predicted molar refractivity (Wildman–Crippen MR) is 86.4 cm³/mol. The number of nitrogens with zero attached hydrogens (tertiary/aromatic N) is 1. The third-order valence-corrected chi connectivity index (χ3v) is 3.84. The van der Waals surface area contributed by atoms with Gasteiger partial charge in [-0.15, -0.1) is 0 Å². The average Bonchev–Trinajstić information content (AvgIpc) is 2.53. The molecule has 3 aromatic rings. The number of carbonyl (C=O) groups excluding carboxylic acids is 1. The first-order valence-electron chi connectivity index (χ1n) is 7.19. The minimum absolute atomic E-state index is 0.0357. The van der Waals surface area contributed by atoms with Crippen LogP contribution in [0.4, 0.5) is 13.2 Å². The molecule has 2 aromatic carbocycles. The highest BCUT2D eigenvalue weighted by Crippen LogP contribution is 2.37. The summed E-state index contributed by atoms with van der Waals surface area (Å²) in [6, 6.07) is 6.63. The number of phenols is 2. The zero-order chi connectivity index (χ0) is 19.2. The first-order valence-corrected chi connectivity index (χ1v) is 7.19. The molecule has 0 fully saturated rings. The number of phenolic OH excluding ortho intramolecular Hbond substituents is 2. The van der Waals surface area contributed by atoms with Gasteiger partial charge in [0.25, 0.3) is 5.91 Å². The van der Waals surface area contributed by atoms with Gasteiger partial charge in [-0.25, -0.2) is 0 Å². The van der Waals surface area contributed by atoms with Crippen molar-refractivity contribution in [3.05, 3.63) is 63.9 Å². The molecule has 3 rings (SSSR count). The van der Waals surface area contributed by atoms with Crippen molar-refractivity contribution in [3.8, 4) is 17.2 Å². The molecule has 0 radical (unpaired) electrons. The maximum absolute atomic E-state index is 12.8. The highest BCUT2D eigenvalue weighted by molar-refractivity contribution is 5.98. The second-order valence-electron chi connectivity index (χ2n) is 5.48. The summed E-state index contributed by atoms with van der Waals surface area (Å²) in [6.07, 6.45) is -3.70. The molecule has 0 atom stereocenters. The standard InChI is InChI=1S/C17H11F3N2O4/c18-17(19,20)10-5-4-8(6-13(10)24)22-7-9(16(21)26)15(25)14-11(22)2-1-3-12(14)23/h1-7,23-24H,(H2,21,26). The molecule has 134 valence electrons. The van der Waals surface area contributed by atoms with Crippen LogP contribution in [0.2, 0.25) is 0 Å². The van der Waals surface area contributed by atoms with Gasteiger partial charge in [-0.1, -0.05) is 6.07 Å². The lowest BCUT2D eigenvalue weighted by Gasteiger charge is -2.15. The van der Waals surface area contributed by atoms with Crippen molar-refractivity contribution in [2.75, 3.05) is 0 Å². The first-order chi connectivity index (χ1) is 12.1. The molecule has 0 aliphatic carbocycles. The number of aromatic nitrogens is 1. The molecule has 0 aliphatic rings. The maximum Gasteiger partial charge on any atom is 0.419 e. The Kier molecular flexibility index (Phi) is 3.87. The number of pyridine rings is 1. The lowest BCUT2D eigenvalue weighted by atomic mass is 10.1. The van der Waals surface area contributed by atoms with E-state index in [-0.39, 0.29) is 16.6 Å². The molecule has 6 nitrogen and oxygen atoms in total. The van der Waals surface area contributed by atoms with E-state index in [9.17, 15) is 33.0 Å². The Bertz CT molecular complexity index is 1100. The van der Waals surface area contributed by atoms with E-state index in [2.05, 4.69) is 0 Å². The summed E-state index contributed by atoms with van der Waals surface area (Å²) in [6.45, 7) is 0. The van der Waals surface area contributed by atoms with Crippen LogP contribution in [0.25, 0.3) is 16.6 Å². The van der Waals surface area contributed by atoms with E-state index >= 15 is 0 Å². The summed E-state index contributed by atoms with van der Waals surface area (Å²) < 4.78 is 39.6. The molecule has 0 spiro atoms. The Morgan fingerprint density at radius 1 is 1.08 bits per heavy atom. The average molecular weight is 364 g/mol. The minimum atomic E-state index is -4.75. The quantitative estimate of drug-likeness (QED) is 0.650. The van der Waals surface area contributed by atoms with Gasteiger partial charge < -0.3 is 20.5 Å². The molecule has 1 aromatic heterocycles. The van der Waals surface area contributed by atoms with Gasteiger partial charge in [-0.3, -0.25) is 9.59 Å². The Hall–Kier alpha value is -3.49. The number of primary amides is 1. The van der Waals surface area contributed by atoms with Crippen molar-refractivity contribution in [2.24, 2.45) is 5.73 Å². The Labute approximate surface area is 143 Å². The number of benzene rings is 2. The number of hydrogen-bond donors (Lipinski definition) is 3. The summed E-state index contributed by atoms with van der Waals surface area (Å²) in [7, 11) is 0. The van der Waals surface area contributed by atoms with Gasteiger partial charge in [0.1, 0.15) is 17.1 Å². The summed E-state index contributed by atoms with van der Waals surface area (Å²) in [5.74, 6) is -2.51. The van der Waals surface area contributed by atoms with Crippen molar-refractivity contribution in [1.29, 1.82) is 0 Å². The third kappa shape index (κ3) is 2.73.